The van der Waals surface area contributed by atoms with E-state index in [2.05, 4.69) is 5.16 Å². The summed E-state index contributed by atoms with van der Waals surface area (Å²) >= 11 is 0. The van der Waals surface area contributed by atoms with Crippen molar-refractivity contribution in [2.45, 2.75) is 19.8 Å². The molecule has 0 aliphatic carbocycles. The molecule has 2 aliphatic rings. The Kier molecular flexibility index (Phi) is 3.94. The number of amides is 2. The van der Waals surface area contributed by atoms with E-state index < -0.39 is 17.3 Å². The van der Waals surface area contributed by atoms with Gasteiger partial charge < -0.3 is 19.4 Å². The lowest BCUT2D eigenvalue weighted by Gasteiger charge is -2.24. The van der Waals surface area contributed by atoms with Gasteiger partial charge in [0.05, 0.1) is 5.92 Å². The summed E-state index contributed by atoms with van der Waals surface area (Å²) < 4.78 is 4.89. The van der Waals surface area contributed by atoms with Crippen LogP contribution in [0, 0.1) is 11.3 Å². The zero-order valence-corrected chi connectivity index (χ0v) is 13.3. The smallest absolute Gasteiger partial charge is 0.314 e. The summed E-state index contributed by atoms with van der Waals surface area (Å²) in [5.74, 6) is -1.81. The summed E-state index contributed by atoms with van der Waals surface area (Å²) in [7, 11) is 0. The fraction of sp³-hybridized carbons (Fsp3) is 0.600. The van der Waals surface area contributed by atoms with Gasteiger partial charge in [0.25, 0.3) is 5.56 Å². The first-order valence-corrected chi connectivity index (χ1v) is 7.84. The maximum atomic E-state index is 12.4. The molecular weight excluding hydrogens is 318 g/mol. The minimum Gasteiger partial charge on any atom is -0.481 e. The third-order valence-corrected chi connectivity index (χ3v) is 4.95. The number of fused-ring (bicyclic) bond motifs is 1. The predicted octanol–water partition coefficient (Wildman–Crippen LogP) is -0.708. The number of carboxylic acids is 1. The van der Waals surface area contributed by atoms with Gasteiger partial charge >= 0.3 is 5.97 Å². The topological polar surface area (TPSA) is 124 Å². The van der Waals surface area contributed by atoms with Crippen LogP contribution in [-0.4, -0.2) is 64.0 Å². The number of aliphatic carboxylic acids is 1. The third kappa shape index (κ3) is 2.49. The first-order chi connectivity index (χ1) is 11.4. The summed E-state index contributed by atoms with van der Waals surface area (Å²) in [6.45, 7) is 2.56. The monoisotopic (exact) mass is 337 g/mol. The fourth-order valence-electron chi connectivity index (χ4n) is 3.60. The molecule has 2 N–H and O–H groups in total. The molecule has 130 valence electrons. The van der Waals surface area contributed by atoms with Gasteiger partial charge in [-0.25, -0.2) is 0 Å². The second-order valence-corrected chi connectivity index (χ2v) is 6.32. The second-order valence-electron chi connectivity index (χ2n) is 6.32. The Morgan fingerprint density at radius 1 is 1.42 bits per heavy atom. The van der Waals surface area contributed by atoms with Crippen molar-refractivity contribution in [1.29, 1.82) is 0 Å². The molecular formula is C15H19N3O6. The predicted molar refractivity (Wildman–Crippen MR) is 80.0 cm³/mol. The van der Waals surface area contributed by atoms with Gasteiger partial charge in [-0.1, -0.05) is 0 Å². The molecule has 0 bridgehead atoms. The minimum atomic E-state index is -1.22. The van der Waals surface area contributed by atoms with E-state index in [0.717, 1.165) is 0 Å². The van der Waals surface area contributed by atoms with Crippen LogP contribution in [0.4, 0.5) is 0 Å². The summed E-state index contributed by atoms with van der Waals surface area (Å²) in [6, 6.07) is 1.27. The molecule has 0 radical (unpaired) electrons. The fourth-order valence-corrected chi connectivity index (χ4v) is 3.60. The number of carbonyl (C=O) groups is 3. The highest BCUT2D eigenvalue weighted by atomic mass is 16.5. The normalized spacial score (nSPS) is 26.0. The van der Waals surface area contributed by atoms with Gasteiger partial charge in [-0.05, 0) is 6.92 Å². The number of aromatic nitrogens is 1. The highest BCUT2D eigenvalue weighted by molar-refractivity contribution is 5.94. The van der Waals surface area contributed by atoms with Crippen LogP contribution in [-0.2, 0) is 20.8 Å². The second kappa shape index (κ2) is 5.81. The molecule has 0 unspecified atom stereocenters. The molecule has 0 spiro atoms. The Morgan fingerprint density at radius 2 is 2.17 bits per heavy atom. The molecule has 24 heavy (non-hydrogen) atoms. The number of nitrogens with one attached hydrogen (secondary N) is 1. The third-order valence-electron chi connectivity index (χ3n) is 4.95. The zero-order valence-electron chi connectivity index (χ0n) is 13.3. The maximum absolute atomic E-state index is 12.4. The van der Waals surface area contributed by atoms with E-state index in [4.69, 9.17) is 4.52 Å². The molecule has 2 amide bonds. The summed E-state index contributed by atoms with van der Waals surface area (Å²) in [5, 5.41) is 11.8. The van der Waals surface area contributed by atoms with E-state index >= 15 is 0 Å². The summed E-state index contributed by atoms with van der Waals surface area (Å²) in [5.41, 5.74) is -1.59. The van der Waals surface area contributed by atoms with Crippen LogP contribution in [0.15, 0.2) is 15.4 Å². The van der Waals surface area contributed by atoms with Crippen LogP contribution in [0.1, 0.15) is 19.1 Å². The number of aromatic amines is 1. The molecule has 1 aromatic heterocycles. The van der Waals surface area contributed by atoms with E-state index in [-0.39, 0.29) is 49.8 Å². The molecule has 1 aromatic rings. The minimum absolute atomic E-state index is 0.0329. The molecule has 2 fully saturated rings. The first-order valence-electron chi connectivity index (χ1n) is 7.84. The van der Waals surface area contributed by atoms with Crippen LogP contribution in [0.5, 0.6) is 0 Å². The van der Waals surface area contributed by atoms with E-state index in [1.54, 1.807) is 0 Å². The SMILES string of the molecule is CCN1C[C@@]2(C(=O)O)CN(C(=O)CCc3cc(=O)[nH]o3)C[C@H]2C1=O. The van der Waals surface area contributed by atoms with E-state index in [9.17, 15) is 24.3 Å². The number of hydrogen-bond acceptors (Lipinski definition) is 5. The zero-order chi connectivity index (χ0) is 17.5. The number of nitrogens with zero attached hydrogens (tertiary/aromatic N) is 2. The number of H-pyrrole nitrogens is 1. The summed E-state index contributed by atoms with van der Waals surface area (Å²) in [6.07, 6.45) is 0.336. The standard InChI is InChI=1S/C15H19N3O6/c1-2-17-7-15(14(22)23)8-18(6-10(15)13(17)21)12(20)4-3-9-5-11(19)16-24-9/h5,10H,2-4,6-8H2,1H3,(H,16,19)(H,22,23)/t10-,15+/m0/s1. The van der Waals surface area contributed by atoms with Crippen LogP contribution < -0.4 is 5.56 Å². The lowest BCUT2D eigenvalue weighted by molar-refractivity contribution is -0.150. The van der Waals surface area contributed by atoms with Gasteiger partial charge in [-0.15, -0.1) is 0 Å². The van der Waals surface area contributed by atoms with Gasteiger partial charge in [-0.3, -0.25) is 19.2 Å². The molecule has 2 atom stereocenters. The Morgan fingerprint density at radius 3 is 2.71 bits per heavy atom. The highest BCUT2D eigenvalue weighted by Gasteiger charge is 2.62. The lowest BCUT2D eigenvalue weighted by Crippen LogP contribution is -2.42. The molecule has 9 nitrogen and oxygen atoms in total. The Balaban J connectivity index is 1.69. The average Bonchev–Trinajstić information content (AvgIpc) is 3.19. The number of hydrogen-bond donors (Lipinski definition) is 2. The quantitative estimate of drug-likeness (QED) is 0.731. The van der Waals surface area contributed by atoms with E-state index in [0.29, 0.717) is 12.3 Å². The van der Waals surface area contributed by atoms with Crippen LogP contribution >= 0.6 is 0 Å². The highest BCUT2D eigenvalue weighted by Crippen LogP contribution is 2.43. The van der Waals surface area contributed by atoms with Crippen molar-refractivity contribution in [3.8, 4) is 0 Å². The molecule has 0 aromatic carbocycles. The van der Waals surface area contributed by atoms with Crippen molar-refractivity contribution in [3.05, 3.63) is 22.2 Å². The number of carboxylic acid groups (broad SMARTS) is 1. The van der Waals surface area contributed by atoms with E-state index in [1.165, 1.54) is 15.9 Å². The average molecular weight is 337 g/mol. The molecule has 3 rings (SSSR count). The van der Waals surface area contributed by atoms with Gasteiger partial charge in [0.15, 0.2) is 0 Å². The number of likely N-dealkylation sites (tertiary alicyclic amines) is 2. The van der Waals surface area contributed by atoms with Gasteiger partial charge in [0, 0.05) is 45.1 Å². The summed E-state index contributed by atoms with van der Waals surface area (Å²) in [4.78, 5) is 50.5. The van der Waals surface area contributed by atoms with E-state index in [1.807, 2.05) is 6.92 Å². The number of aryl methyl sites for hydroxylation is 1. The maximum Gasteiger partial charge on any atom is 0.314 e. The van der Waals surface area contributed by atoms with Crippen LogP contribution in [0.3, 0.4) is 0 Å². The molecule has 0 saturated carbocycles. The largest absolute Gasteiger partial charge is 0.481 e. The molecule has 3 heterocycles. The van der Waals surface area contributed by atoms with Crippen LogP contribution in [0.25, 0.3) is 0 Å². The van der Waals surface area contributed by atoms with Crippen molar-refractivity contribution in [1.82, 2.24) is 15.0 Å². The first kappa shape index (κ1) is 16.3. The molecule has 2 aliphatic heterocycles. The van der Waals surface area contributed by atoms with Crippen LogP contribution in [0.2, 0.25) is 0 Å². The lowest BCUT2D eigenvalue weighted by atomic mass is 9.81. The number of carbonyl (C=O) groups excluding carboxylic acids is 2. The van der Waals surface area contributed by atoms with Gasteiger partial charge in [-0.2, -0.15) is 5.16 Å². The Labute approximate surface area is 137 Å². The van der Waals surface area contributed by atoms with Gasteiger partial charge in [0.2, 0.25) is 11.8 Å². The molecule has 9 heteroatoms. The Hall–Kier alpha value is -2.58. The number of rotatable bonds is 5. The van der Waals surface area contributed by atoms with Crippen molar-refractivity contribution < 1.29 is 24.0 Å². The van der Waals surface area contributed by atoms with Crippen molar-refractivity contribution >= 4 is 17.8 Å². The van der Waals surface area contributed by atoms with Gasteiger partial charge in [0.1, 0.15) is 11.2 Å². The Bertz CT molecular complexity index is 738. The van der Waals surface area contributed by atoms with Crippen molar-refractivity contribution in [2.75, 3.05) is 26.2 Å². The van der Waals surface area contributed by atoms with Crippen molar-refractivity contribution in [3.63, 3.8) is 0 Å². The molecule has 2 saturated heterocycles. The van der Waals surface area contributed by atoms with Crippen molar-refractivity contribution in [2.24, 2.45) is 11.3 Å².